The molecule has 0 radical (unpaired) electrons. The minimum atomic E-state index is -1.08. The van der Waals surface area contributed by atoms with E-state index in [2.05, 4.69) is 15.6 Å². The number of anilines is 1. The number of carbonyl (C=O) groups excluding carboxylic acids is 3. The van der Waals surface area contributed by atoms with Crippen LogP contribution in [-0.2, 0) is 19.1 Å². The summed E-state index contributed by atoms with van der Waals surface area (Å²) in [6.45, 7) is 3.58. The zero-order valence-electron chi connectivity index (χ0n) is 19.4. The van der Waals surface area contributed by atoms with Gasteiger partial charge in [-0.15, -0.1) is 0 Å². The lowest BCUT2D eigenvalue weighted by atomic mass is 10.0. The lowest BCUT2D eigenvalue weighted by molar-refractivity contribution is -0.162. The number of aromatic amines is 1. The van der Waals surface area contributed by atoms with Crippen LogP contribution < -0.4 is 10.6 Å². The van der Waals surface area contributed by atoms with E-state index in [9.17, 15) is 23.6 Å². The number of ether oxygens (including phenoxy) is 1. The molecular formula is C24H25FN4O6. The second kappa shape index (κ2) is 9.34. The molecule has 2 unspecified atom stereocenters. The molecule has 35 heavy (non-hydrogen) atoms. The van der Waals surface area contributed by atoms with Crippen LogP contribution in [0.1, 0.15) is 39.3 Å². The monoisotopic (exact) mass is 484 g/mol. The van der Waals surface area contributed by atoms with Crippen LogP contribution in [0.3, 0.4) is 0 Å². The minimum absolute atomic E-state index is 0.146. The van der Waals surface area contributed by atoms with E-state index < -0.39 is 35.7 Å². The molecule has 4 N–H and O–H groups in total. The van der Waals surface area contributed by atoms with Crippen molar-refractivity contribution < 1.29 is 33.4 Å². The average Bonchev–Trinajstić information content (AvgIpc) is 3.22. The van der Waals surface area contributed by atoms with Gasteiger partial charge in [-0.25, -0.2) is 9.18 Å². The van der Waals surface area contributed by atoms with Crippen LogP contribution in [0.25, 0.3) is 11.6 Å². The van der Waals surface area contributed by atoms with Crippen LogP contribution in [0.15, 0.2) is 18.2 Å². The van der Waals surface area contributed by atoms with Crippen molar-refractivity contribution in [1.29, 1.82) is 0 Å². The summed E-state index contributed by atoms with van der Waals surface area (Å²) in [5.41, 5.74) is 3.16. The van der Waals surface area contributed by atoms with E-state index in [0.717, 1.165) is 0 Å². The summed E-state index contributed by atoms with van der Waals surface area (Å²) in [7, 11) is 1.31. The Balaban J connectivity index is 1.50. The second-order valence-electron chi connectivity index (χ2n) is 8.47. The molecule has 0 spiro atoms. The van der Waals surface area contributed by atoms with E-state index in [-0.39, 0.29) is 18.0 Å². The molecule has 1 aromatic carbocycles. The Kier molecular flexibility index (Phi) is 6.44. The number of hydrogen-bond donors (Lipinski definition) is 4. The summed E-state index contributed by atoms with van der Waals surface area (Å²) in [5, 5.41) is 14.5. The topological polar surface area (TPSA) is 141 Å². The minimum Gasteiger partial charge on any atom is -0.480 e. The van der Waals surface area contributed by atoms with E-state index in [0.29, 0.717) is 46.7 Å². The first-order chi connectivity index (χ1) is 16.6. The average molecular weight is 484 g/mol. The third-order valence-electron chi connectivity index (χ3n) is 6.35. The molecule has 1 saturated heterocycles. The number of nitrogens with zero attached hydrogens (tertiary/aromatic N) is 1. The number of nitrogens with one attached hydrogen (secondary N) is 3. The number of benzene rings is 1. The van der Waals surface area contributed by atoms with Crippen molar-refractivity contribution in [1.82, 2.24) is 15.2 Å². The number of methoxy groups -OCH3 is 1. The van der Waals surface area contributed by atoms with Gasteiger partial charge in [0.15, 0.2) is 6.10 Å². The molecule has 1 fully saturated rings. The lowest BCUT2D eigenvalue weighted by Gasteiger charge is -2.39. The fourth-order valence-electron chi connectivity index (χ4n) is 4.35. The van der Waals surface area contributed by atoms with Gasteiger partial charge in [0, 0.05) is 36.3 Å². The molecule has 2 aromatic rings. The molecule has 3 heterocycles. The van der Waals surface area contributed by atoms with Crippen LogP contribution >= 0.6 is 0 Å². The maximum atomic E-state index is 13.7. The van der Waals surface area contributed by atoms with Gasteiger partial charge in [0.2, 0.25) is 0 Å². The fraction of sp³-hybridized carbons (Fsp3) is 0.333. The number of aliphatic carboxylic acids is 1. The van der Waals surface area contributed by atoms with Crippen molar-refractivity contribution >= 4 is 41.0 Å². The molecule has 11 heteroatoms. The van der Waals surface area contributed by atoms with Gasteiger partial charge in [0.05, 0.1) is 17.7 Å². The van der Waals surface area contributed by atoms with Gasteiger partial charge in [-0.1, -0.05) is 0 Å². The Hall–Kier alpha value is -3.99. The van der Waals surface area contributed by atoms with Crippen molar-refractivity contribution in [3.63, 3.8) is 0 Å². The molecule has 0 bridgehead atoms. The zero-order valence-corrected chi connectivity index (χ0v) is 19.4. The molecule has 2 atom stereocenters. The highest BCUT2D eigenvalue weighted by molar-refractivity contribution is 6.34. The first-order valence-electron chi connectivity index (χ1n) is 11.0. The fourth-order valence-corrected chi connectivity index (χ4v) is 4.35. The van der Waals surface area contributed by atoms with Crippen LogP contribution in [0, 0.1) is 19.7 Å². The summed E-state index contributed by atoms with van der Waals surface area (Å²) in [5.74, 6) is -2.89. The molecule has 3 amide bonds. The number of rotatable bonds is 7. The molecule has 184 valence electrons. The van der Waals surface area contributed by atoms with Crippen LogP contribution in [0.5, 0.6) is 0 Å². The van der Waals surface area contributed by atoms with E-state index in [1.807, 2.05) is 0 Å². The van der Waals surface area contributed by atoms with Crippen molar-refractivity contribution in [2.75, 3.05) is 25.5 Å². The predicted molar refractivity (Wildman–Crippen MR) is 124 cm³/mol. The van der Waals surface area contributed by atoms with E-state index in [1.165, 1.54) is 30.2 Å². The van der Waals surface area contributed by atoms with E-state index >= 15 is 0 Å². The number of amides is 3. The van der Waals surface area contributed by atoms with Gasteiger partial charge in [0.25, 0.3) is 17.7 Å². The summed E-state index contributed by atoms with van der Waals surface area (Å²) in [6, 6.07) is 3.14. The maximum Gasteiger partial charge on any atom is 0.326 e. The predicted octanol–water partition coefficient (Wildman–Crippen LogP) is 1.69. The van der Waals surface area contributed by atoms with E-state index in [1.54, 1.807) is 19.9 Å². The van der Waals surface area contributed by atoms with E-state index in [4.69, 9.17) is 9.84 Å². The van der Waals surface area contributed by atoms with Crippen LogP contribution in [0.4, 0.5) is 10.1 Å². The Morgan fingerprint density at radius 1 is 1.34 bits per heavy atom. The quantitative estimate of drug-likeness (QED) is 0.441. The molecule has 4 rings (SSSR count). The summed E-state index contributed by atoms with van der Waals surface area (Å²) in [6.07, 6.45) is 0.909. The normalized spacial score (nSPS) is 18.6. The maximum absolute atomic E-state index is 13.7. The van der Waals surface area contributed by atoms with Crippen molar-refractivity contribution in [2.45, 2.75) is 32.4 Å². The highest BCUT2D eigenvalue weighted by Crippen LogP contribution is 2.34. The third-order valence-corrected chi connectivity index (χ3v) is 6.35. The number of aromatic nitrogens is 1. The van der Waals surface area contributed by atoms with Gasteiger partial charge >= 0.3 is 5.97 Å². The zero-order chi connectivity index (χ0) is 25.4. The van der Waals surface area contributed by atoms with Gasteiger partial charge in [-0.3, -0.25) is 14.4 Å². The third kappa shape index (κ3) is 4.42. The highest BCUT2D eigenvalue weighted by atomic mass is 19.1. The summed E-state index contributed by atoms with van der Waals surface area (Å²) in [4.78, 5) is 53.5. The second-order valence-corrected chi connectivity index (χ2v) is 8.47. The molecule has 1 aromatic heterocycles. The van der Waals surface area contributed by atoms with Crippen molar-refractivity contribution in [2.24, 2.45) is 0 Å². The number of halogens is 1. The van der Waals surface area contributed by atoms with Gasteiger partial charge in [-0.2, -0.15) is 0 Å². The molecular weight excluding hydrogens is 459 g/mol. The Morgan fingerprint density at radius 3 is 2.71 bits per heavy atom. The first-order valence-corrected chi connectivity index (χ1v) is 11.0. The van der Waals surface area contributed by atoms with Crippen LogP contribution in [-0.4, -0.2) is 71.0 Å². The van der Waals surface area contributed by atoms with Gasteiger partial charge < -0.3 is 30.4 Å². The first kappa shape index (κ1) is 24.1. The lowest BCUT2D eigenvalue weighted by Crippen LogP contribution is -2.59. The highest BCUT2D eigenvalue weighted by Gasteiger charge is 2.40. The number of likely N-dealkylation sites (tertiary alicyclic amines) is 1. The van der Waals surface area contributed by atoms with Crippen molar-refractivity contribution in [3.8, 4) is 0 Å². The van der Waals surface area contributed by atoms with Crippen LogP contribution in [0.2, 0.25) is 0 Å². The van der Waals surface area contributed by atoms with Gasteiger partial charge in [-0.05, 0) is 50.1 Å². The largest absolute Gasteiger partial charge is 0.480 e. The SMILES string of the molecule is COC(CNC(=O)c1c(C)[nH]c(/C=C2\C(=O)Nc3ccc(F)cc32)c1C)C(=O)N1CCC1C(=O)O. The Morgan fingerprint density at radius 2 is 2.09 bits per heavy atom. The Labute approximate surface area is 200 Å². The number of carboxylic acid groups (broad SMARTS) is 1. The number of hydrogen-bond acceptors (Lipinski definition) is 5. The smallest absolute Gasteiger partial charge is 0.326 e. The molecule has 0 aliphatic carbocycles. The molecule has 2 aliphatic rings. The van der Waals surface area contributed by atoms with Crippen molar-refractivity contribution in [3.05, 3.63) is 52.1 Å². The number of H-pyrrole nitrogens is 1. The number of carboxylic acids is 1. The summed E-state index contributed by atoms with van der Waals surface area (Å²) < 4.78 is 18.9. The number of aryl methyl sites for hydroxylation is 1. The molecule has 2 aliphatic heterocycles. The molecule has 0 saturated carbocycles. The standard InChI is InChI=1S/C24H25FN4O6/c1-11-17(9-15-14-8-13(25)4-5-16(14)28-21(15)30)27-12(2)20(11)22(31)26-10-19(35-3)23(32)29-7-6-18(29)24(33)34/h4-5,8-9,18-19,27H,6-7,10H2,1-3H3,(H,26,31)(H,28,30)(H,33,34)/b15-9-. The molecule has 10 nitrogen and oxygen atoms in total. The Bertz CT molecular complexity index is 1270. The summed E-state index contributed by atoms with van der Waals surface area (Å²) >= 11 is 0. The van der Waals surface area contributed by atoms with Gasteiger partial charge in [0.1, 0.15) is 11.9 Å². The number of carbonyl (C=O) groups is 4. The number of fused-ring (bicyclic) bond motifs is 1.